The molecule has 1 amide bonds. The summed E-state index contributed by atoms with van der Waals surface area (Å²) in [5.74, 6) is -0.0278. The second-order valence-electron chi connectivity index (χ2n) is 5.35. The predicted molar refractivity (Wildman–Crippen MR) is 76.6 cm³/mol. The number of nitrogens with one attached hydrogen (secondary N) is 1. The average Bonchev–Trinajstić information content (AvgIpc) is 2.80. The van der Waals surface area contributed by atoms with Gasteiger partial charge in [-0.3, -0.25) is 9.59 Å². The second-order valence-corrected chi connectivity index (χ2v) is 5.35. The number of hydrogen-bond acceptors (Lipinski definition) is 3. The summed E-state index contributed by atoms with van der Waals surface area (Å²) in [5.41, 5.74) is 0.0338. The van der Waals surface area contributed by atoms with E-state index in [1.807, 2.05) is 6.92 Å². The first kappa shape index (κ1) is 13.7. The molecule has 0 saturated carbocycles. The Balaban J connectivity index is 1.98. The molecular weight excluding hydrogens is 273 g/mol. The van der Waals surface area contributed by atoms with E-state index in [0.717, 1.165) is 6.42 Å². The molecule has 2 heterocycles. The monoisotopic (exact) mass is 289 g/mol. The Kier molecular flexibility index (Phi) is 3.45. The Hall–Kier alpha value is -2.24. The largest absolute Gasteiger partial charge is 0.342 e. The molecule has 1 N–H and O–H groups in total. The van der Waals surface area contributed by atoms with Crippen molar-refractivity contribution in [2.75, 3.05) is 13.1 Å². The molecule has 1 aliphatic rings. The second kappa shape index (κ2) is 5.27. The fourth-order valence-corrected chi connectivity index (χ4v) is 2.77. The van der Waals surface area contributed by atoms with Gasteiger partial charge in [-0.15, -0.1) is 0 Å². The number of carbonyl (C=O) groups is 1. The maximum absolute atomic E-state index is 13.3. The molecule has 1 aromatic heterocycles. The molecule has 0 bridgehead atoms. The third-order valence-corrected chi connectivity index (χ3v) is 3.78. The number of fused-ring (bicyclic) bond motifs is 1. The molecule has 21 heavy (non-hydrogen) atoms. The smallest absolute Gasteiger partial charge is 0.258 e. The van der Waals surface area contributed by atoms with Gasteiger partial charge in [0.15, 0.2) is 0 Å². The summed E-state index contributed by atoms with van der Waals surface area (Å²) < 4.78 is 13.3. The SMILES string of the molecule is CCCN1CC(c2nc3cc(F)ccc3c(=O)[nH]2)CC1=O. The van der Waals surface area contributed by atoms with Crippen molar-refractivity contribution in [2.24, 2.45) is 0 Å². The van der Waals surface area contributed by atoms with E-state index < -0.39 is 5.82 Å². The number of carbonyl (C=O) groups excluding carboxylic acids is 1. The van der Waals surface area contributed by atoms with Gasteiger partial charge in [-0.2, -0.15) is 0 Å². The molecule has 0 spiro atoms. The Morgan fingerprint density at radius 1 is 1.43 bits per heavy atom. The van der Waals surface area contributed by atoms with Gasteiger partial charge in [0.2, 0.25) is 5.91 Å². The number of likely N-dealkylation sites (tertiary alicyclic amines) is 1. The van der Waals surface area contributed by atoms with Gasteiger partial charge >= 0.3 is 0 Å². The molecule has 0 aliphatic carbocycles. The van der Waals surface area contributed by atoms with Gasteiger partial charge in [0.1, 0.15) is 11.6 Å². The summed E-state index contributed by atoms with van der Waals surface area (Å²) >= 11 is 0. The molecular formula is C15H16FN3O2. The minimum absolute atomic E-state index is 0.0730. The molecule has 5 nitrogen and oxygen atoms in total. The highest BCUT2D eigenvalue weighted by Crippen LogP contribution is 2.26. The van der Waals surface area contributed by atoms with Crippen LogP contribution >= 0.6 is 0 Å². The lowest BCUT2D eigenvalue weighted by Crippen LogP contribution is -2.26. The van der Waals surface area contributed by atoms with Crippen LogP contribution in [0.25, 0.3) is 10.9 Å². The summed E-state index contributed by atoms with van der Waals surface area (Å²) in [7, 11) is 0. The molecule has 1 unspecified atom stereocenters. The molecule has 6 heteroatoms. The summed E-state index contributed by atoms with van der Waals surface area (Å²) in [6.45, 7) is 3.28. The highest BCUT2D eigenvalue weighted by molar-refractivity contribution is 5.80. The molecule has 1 atom stereocenters. The van der Waals surface area contributed by atoms with E-state index >= 15 is 0 Å². The third kappa shape index (κ3) is 2.53. The van der Waals surface area contributed by atoms with E-state index in [9.17, 15) is 14.0 Å². The van der Waals surface area contributed by atoms with Gasteiger partial charge in [0.05, 0.1) is 10.9 Å². The first-order valence-corrected chi connectivity index (χ1v) is 7.05. The van der Waals surface area contributed by atoms with E-state index in [0.29, 0.717) is 36.2 Å². The lowest BCUT2D eigenvalue weighted by molar-refractivity contribution is -0.127. The van der Waals surface area contributed by atoms with E-state index in [4.69, 9.17) is 0 Å². The first-order valence-electron chi connectivity index (χ1n) is 7.05. The van der Waals surface area contributed by atoms with E-state index in [1.54, 1.807) is 4.90 Å². The Morgan fingerprint density at radius 3 is 3.00 bits per heavy atom. The van der Waals surface area contributed by atoms with E-state index in [1.165, 1.54) is 18.2 Å². The average molecular weight is 289 g/mol. The van der Waals surface area contributed by atoms with Gasteiger partial charge in [0.25, 0.3) is 5.56 Å². The lowest BCUT2D eigenvalue weighted by Gasteiger charge is -2.15. The number of H-pyrrole nitrogens is 1. The molecule has 1 saturated heterocycles. The van der Waals surface area contributed by atoms with Crippen LogP contribution in [0.3, 0.4) is 0 Å². The van der Waals surface area contributed by atoms with Crippen molar-refractivity contribution in [3.05, 3.63) is 40.2 Å². The van der Waals surface area contributed by atoms with Crippen molar-refractivity contribution in [1.29, 1.82) is 0 Å². The molecule has 2 aromatic rings. The van der Waals surface area contributed by atoms with Crippen LogP contribution in [-0.4, -0.2) is 33.9 Å². The molecule has 3 rings (SSSR count). The minimum atomic E-state index is -0.429. The van der Waals surface area contributed by atoms with Crippen LogP contribution in [0.2, 0.25) is 0 Å². The van der Waals surface area contributed by atoms with Crippen LogP contribution in [0.1, 0.15) is 31.5 Å². The fraction of sp³-hybridized carbons (Fsp3) is 0.400. The summed E-state index contributed by atoms with van der Waals surface area (Å²) in [6, 6.07) is 3.90. The van der Waals surface area contributed by atoms with Crippen LogP contribution in [0, 0.1) is 5.82 Å². The van der Waals surface area contributed by atoms with E-state index in [2.05, 4.69) is 9.97 Å². The number of halogens is 1. The van der Waals surface area contributed by atoms with Crippen molar-refractivity contribution in [1.82, 2.24) is 14.9 Å². The molecule has 1 aliphatic heterocycles. The van der Waals surface area contributed by atoms with Crippen LogP contribution in [0.5, 0.6) is 0 Å². The zero-order valence-electron chi connectivity index (χ0n) is 11.7. The van der Waals surface area contributed by atoms with Crippen molar-refractivity contribution in [3.63, 3.8) is 0 Å². The van der Waals surface area contributed by atoms with Crippen LogP contribution in [-0.2, 0) is 4.79 Å². The standard InChI is InChI=1S/C15H16FN3O2/c1-2-5-19-8-9(6-13(19)20)14-17-12-7-10(16)3-4-11(12)15(21)18-14/h3-4,7,9H,2,5-6,8H2,1H3,(H,17,18,21). The Labute approximate surface area is 120 Å². The number of aromatic amines is 1. The zero-order chi connectivity index (χ0) is 15.0. The van der Waals surface area contributed by atoms with Crippen molar-refractivity contribution in [2.45, 2.75) is 25.7 Å². The number of nitrogens with zero attached hydrogens (tertiary/aromatic N) is 2. The number of aromatic nitrogens is 2. The lowest BCUT2D eigenvalue weighted by atomic mass is 10.1. The highest BCUT2D eigenvalue weighted by Gasteiger charge is 2.31. The third-order valence-electron chi connectivity index (χ3n) is 3.78. The van der Waals surface area contributed by atoms with Crippen molar-refractivity contribution < 1.29 is 9.18 Å². The molecule has 0 radical (unpaired) electrons. The summed E-state index contributed by atoms with van der Waals surface area (Å²) in [6.07, 6.45) is 1.23. The minimum Gasteiger partial charge on any atom is -0.342 e. The van der Waals surface area contributed by atoms with Gasteiger partial charge in [-0.1, -0.05) is 6.92 Å². The normalized spacial score (nSPS) is 18.7. The predicted octanol–water partition coefficient (Wildman–Crippen LogP) is 1.79. The summed E-state index contributed by atoms with van der Waals surface area (Å²) in [4.78, 5) is 32.8. The fourth-order valence-electron chi connectivity index (χ4n) is 2.77. The van der Waals surface area contributed by atoms with Gasteiger partial charge in [-0.05, 0) is 18.6 Å². The van der Waals surface area contributed by atoms with Crippen LogP contribution in [0.4, 0.5) is 4.39 Å². The van der Waals surface area contributed by atoms with Crippen molar-refractivity contribution >= 4 is 16.8 Å². The zero-order valence-corrected chi connectivity index (χ0v) is 11.7. The summed E-state index contributed by atoms with van der Waals surface area (Å²) in [5, 5.41) is 0.356. The number of benzene rings is 1. The topological polar surface area (TPSA) is 66.1 Å². The van der Waals surface area contributed by atoms with Gasteiger partial charge in [0, 0.05) is 31.5 Å². The number of hydrogen-bond donors (Lipinski definition) is 1. The highest BCUT2D eigenvalue weighted by atomic mass is 19.1. The van der Waals surface area contributed by atoms with Gasteiger partial charge < -0.3 is 9.88 Å². The molecule has 110 valence electrons. The maximum atomic E-state index is 13.3. The first-order chi connectivity index (χ1) is 10.1. The van der Waals surface area contributed by atoms with Crippen molar-refractivity contribution in [3.8, 4) is 0 Å². The Morgan fingerprint density at radius 2 is 2.24 bits per heavy atom. The van der Waals surface area contributed by atoms with Crippen LogP contribution < -0.4 is 5.56 Å². The van der Waals surface area contributed by atoms with Gasteiger partial charge in [-0.25, -0.2) is 9.37 Å². The number of amides is 1. The number of rotatable bonds is 3. The van der Waals surface area contributed by atoms with Crippen LogP contribution in [0.15, 0.2) is 23.0 Å². The Bertz CT molecular complexity index is 756. The van der Waals surface area contributed by atoms with E-state index in [-0.39, 0.29) is 17.4 Å². The quantitative estimate of drug-likeness (QED) is 0.936. The molecule has 1 fully saturated rings. The maximum Gasteiger partial charge on any atom is 0.258 e. The molecule has 1 aromatic carbocycles.